The summed E-state index contributed by atoms with van der Waals surface area (Å²) in [5.74, 6) is -1.97. The van der Waals surface area contributed by atoms with Gasteiger partial charge in [0.15, 0.2) is 17.2 Å². The zero-order valence-electron chi connectivity index (χ0n) is 10.6. The molecule has 0 amide bonds. The van der Waals surface area contributed by atoms with Gasteiger partial charge in [0.25, 0.3) is 0 Å². The molecule has 6 nitrogen and oxygen atoms in total. The third-order valence-corrected chi connectivity index (χ3v) is 3.07. The molecule has 0 aliphatic rings. The fourth-order valence-corrected chi connectivity index (χ4v) is 2.05. The Morgan fingerprint density at radius 1 is 0.714 bits per heavy atom. The van der Waals surface area contributed by atoms with E-state index < -0.39 is 17.2 Å². The van der Waals surface area contributed by atoms with Crippen LogP contribution in [0.5, 0.6) is 28.7 Å². The largest absolute Gasteiger partial charge is 0.508 e. The first kappa shape index (κ1) is 12.9. The van der Waals surface area contributed by atoms with E-state index in [0.717, 1.165) is 12.1 Å². The summed E-state index contributed by atoms with van der Waals surface area (Å²) < 4.78 is 5.50. The average molecular weight is 287 g/mol. The van der Waals surface area contributed by atoms with Crippen LogP contribution in [-0.4, -0.2) is 25.5 Å². The summed E-state index contributed by atoms with van der Waals surface area (Å²) in [5, 5.41) is 48.4. The van der Waals surface area contributed by atoms with E-state index in [9.17, 15) is 25.5 Å². The number of fused-ring (bicyclic) bond motifs is 1. The van der Waals surface area contributed by atoms with E-state index in [1.165, 1.54) is 18.2 Å². The molecule has 0 bridgehead atoms. The van der Waals surface area contributed by atoms with Gasteiger partial charge in [0.05, 0.1) is 17.0 Å². The predicted octanol–water partition coefficient (Wildman–Crippen LogP) is 2.91. The molecular weight excluding hydrogens is 276 g/mol. The second-order valence-electron chi connectivity index (χ2n) is 4.55. The number of hydrogen-bond acceptors (Lipinski definition) is 5. The molecule has 0 spiro atoms. The maximum absolute atomic E-state index is 10.0. The van der Waals surface area contributed by atoms with Gasteiger partial charge in [0.2, 0.25) is 5.75 Å². The van der Waals surface area contributed by atoms with Crippen LogP contribution in [0.25, 0.3) is 22.3 Å². The van der Waals surface area contributed by atoms with Gasteiger partial charge in [-0.2, -0.15) is 0 Å². The molecule has 1 heterocycles. The smallest absolute Gasteiger partial charge is 0.402 e. The Bertz CT molecular complexity index is 833. The standard InChI is InChI=1S/C15H10O6/c16-9-2-1-7-3-12(19)15(21-13(7)6-9)8-4-10(17)14(20)11(18)5-8/h1-6H,(H4-,16,17,18,19,20)/p+1. The Kier molecular flexibility index (Phi) is 2.72. The van der Waals surface area contributed by atoms with E-state index in [1.54, 1.807) is 6.07 Å². The molecule has 106 valence electrons. The third kappa shape index (κ3) is 2.12. The lowest BCUT2D eigenvalue weighted by Gasteiger charge is -2.02. The van der Waals surface area contributed by atoms with Crippen LogP contribution in [-0.2, 0) is 0 Å². The second kappa shape index (κ2) is 4.45. The van der Waals surface area contributed by atoms with E-state index in [2.05, 4.69) is 0 Å². The average Bonchev–Trinajstić information content (AvgIpc) is 2.44. The fourth-order valence-electron chi connectivity index (χ4n) is 2.05. The summed E-state index contributed by atoms with van der Waals surface area (Å²) in [6.45, 7) is 0. The van der Waals surface area contributed by atoms with Crippen molar-refractivity contribution in [2.75, 3.05) is 0 Å². The number of rotatable bonds is 1. The first-order valence-corrected chi connectivity index (χ1v) is 6.00. The predicted molar refractivity (Wildman–Crippen MR) is 74.4 cm³/mol. The molecule has 5 N–H and O–H groups in total. The maximum atomic E-state index is 10.0. The summed E-state index contributed by atoms with van der Waals surface area (Å²) in [5.41, 5.74) is 0.486. The quantitative estimate of drug-likeness (QED) is 0.347. The SMILES string of the molecule is Oc1ccc2cc(O)c(-c3cc(O)c(O)c(O)c3)[o+]c2c1. The molecule has 0 unspecified atom stereocenters. The lowest BCUT2D eigenvalue weighted by atomic mass is 10.1. The highest BCUT2D eigenvalue weighted by Crippen LogP contribution is 2.42. The van der Waals surface area contributed by atoms with E-state index in [0.29, 0.717) is 11.0 Å². The molecular formula is C15H11O6+. The van der Waals surface area contributed by atoms with Crippen molar-refractivity contribution in [3.8, 4) is 40.1 Å². The van der Waals surface area contributed by atoms with Gasteiger partial charge in [0.1, 0.15) is 5.75 Å². The van der Waals surface area contributed by atoms with Crippen LogP contribution in [0.4, 0.5) is 0 Å². The minimum absolute atomic E-state index is 0.000657. The lowest BCUT2D eigenvalue weighted by Crippen LogP contribution is -1.83. The van der Waals surface area contributed by atoms with Crippen molar-refractivity contribution < 1.29 is 29.9 Å². The Hall–Kier alpha value is -3.15. The van der Waals surface area contributed by atoms with Crippen LogP contribution in [0.1, 0.15) is 0 Å². The molecule has 0 radical (unpaired) electrons. The molecule has 0 aliphatic carbocycles. The van der Waals surface area contributed by atoms with Crippen molar-refractivity contribution in [3.05, 3.63) is 36.4 Å². The fraction of sp³-hybridized carbons (Fsp3) is 0. The first-order chi connectivity index (χ1) is 9.95. The van der Waals surface area contributed by atoms with E-state index in [4.69, 9.17) is 4.42 Å². The zero-order valence-corrected chi connectivity index (χ0v) is 10.6. The van der Waals surface area contributed by atoms with E-state index in [1.807, 2.05) is 0 Å². The molecule has 1 aromatic heterocycles. The van der Waals surface area contributed by atoms with Gasteiger partial charge in [-0.15, -0.1) is 0 Å². The van der Waals surface area contributed by atoms with E-state index in [-0.39, 0.29) is 22.8 Å². The van der Waals surface area contributed by atoms with Crippen molar-refractivity contribution in [3.63, 3.8) is 0 Å². The van der Waals surface area contributed by atoms with Crippen LogP contribution < -0.4 is 0 Å². The molecule has 0 saturated carbocycles. The van der Waals surface area contributed by atoms with Crippen LogP contribution in [0.15, 0.2) is 40.8 Å². The van der Waals surface area contributed by atoms with Crippen molar-refractivity contribution >= 4 is 11.0 Å². The van der Waals surface area contributed by atoms with E-state index >= 15 is 0 Å². The number of benzene rings is 2. The highest BCUT2D eigenvalue weighted by molar-refractivity contribution is 5.83. The normalized spacial score (nSPS) is 10.9. The van der Waals surface area contributed by atoms with Gasteiger partial charge in [0, 0.05) is 18.2 Å². The van der Waals surface area contributed by atoms with Gasteiger partial charge in [-0.05, 0) is 12.1 Å². The van der Waals surface area contributed by atoms with Gasteiger partial charge >= 0.3 is 11.3 Å². The molecule has 2 aromatic carbocycles. The molecule has 3 aromatic rings. The molecule has 0 atom stereocenters. The summed E-state index contributed by atoms with van der Waals surface area (Å²) in [4.78, 5) is 0. The van der Waals surface area contributed by atoms with Gasteiger partial charge < -0.3 is 25.5 Å². The van der Waals surface area contributed by atoms with Crippen LogP contribution in [0, 0.1) is 0 Å². The van der Waals surface area contributed by atoms with Crippen molar-refractivity contribution in [2.45, 2.75) is 0 Å². The number of aromatic hydroxyl groups is 5. The van der Waals surface area contributed by atoms with Crippen LogP contribution in [0.3, 0.4) is 0 Å². The van der Waals surface area contributed by atoms with Gasteiger partial charge in [-0.25, -0.2) is 4.42 Å². The van der Waals surface area contributed by atoms with Crippen LogP contribution >= 0.6 is 0 Å². The Balaban J connectivity index is 2.26. The van der Waals surface area contributed by atoms with Crippen molar-refractivity contribution in [2.24, 2.45) is 0 Å². The Morgan fingerprint density at radius 2 is 1.38 bits per heavy atom. The molecule has 21 heavy (non-hydrogen) atoms. The molecule has 6 heteroatoms. The Morgan fingerprint density at radius 3 is 2.05 bits per heavy atom. The second-order valence-corrected chi connectivity index (χ2v) is 4.55. The number of phenolic OH excluding ortho intramolecular Hbond substituents is 4. The Labute approximate surface area is 118 Å². The molecule has 0 aliphatic heterocycles. The molecule has 3 rings (SSSR count). The van der Waals surface area contributed by atoms with Crippen molar-refractivity contribution in [1.29, 1.82) is 0 Å². The minimum atomic E-state index is -0.656. The van der Waals surface area contributed by atoms with Crippen molar-refractivity contribution in [1.82, 2.24) is 0 Å². The third-order valence-electron chi connectivity index (χ3n) is 3.07. The highest BCUT2D eigenvalue weighted by atomic mass is 16.4. The highest BCUT2D eigenvalue weighted by Gasteiger charge is 2.24. The molecule has 0 saturated heterocycles. The maximum Gasteiger partial charge on any atom is 0.402 e. The number of phenols is 4. The lowest BCUT2D eigenvalue weighted by molar-refractivity contribution is 0.368. The monoisotopic (exact) mass is 287 g/mol. The van der Waals surface area contributed by atoms with Crippen LogP contribution in [0.2, 0.25) is 0 Å². The topological polar surface area (TPSA) is 112 Å². The van der Waals surface area contributed by atoms with Gasteiger partial charge in [-0.1, -0.05) is 0 Å². The molecule has 0 fully saturated rings. The summed E-state index contributed by atoms with van der Waals surface area (Å²) >= 11 is 0. The summed E-state index contributed by atoms with van der Waals surface area (Å²) in [7, 11) is 0. The van der Waals surface area contributed by atoms with Gasteiger partial charge in [-0.3, -0.25) is 0 Å². The zero-order chi connectivity index (χ0) is 15.1. The minimum Gasteiger partial charge on any atom is -0.508 e. The summed E-state index contributed by atoms with van der Waals surface area (Å²) in [6.07, 6.45) is 0. The first-order valence-electron chi connectivity index (χ1n) is 6.00. The number of hydrogen-bond donors (Lipinski definition) is 5. The summed E-state index contributed by atoms with van der Waals surface area (Å²) in [6, 6.07) is 8.11.